The molecule has 2 aliphatic rings. The second kappa shape index (κ2) is 2.04. The van der Waals surface area contributed by atoms with E-state index in [4.69, 9.17) is 11.3 Å². The van der Waals surface area contributed by atoms with Crippen LogP contribution in [0.1, 0.15) is 25.7 Å². The summed E-state index contributed by atoms with van der Waals surface area (Å²) < 4.78 is 0. The number of rotatable bonds is 0. The van der Waals surface area contributed by atoms with Gasteiger partial charge in [0.2, 0.25) is 0 Å². The number of nitrogens with zero attached hydrogens (tertiary/aromatic N) is 1. The van der Waals surface area contributed by atoms with Crippen LogP contribution in [0.4, 0.5) is 0 Å². The molecule has 0 aliphatic carbocycles. The van der Waals surface area contributed by atoms with Crippen molar-refractivity contribution in [3.63, 3.8) is 0 Å². The van der Waals surface area contributed by atoms with E-state index >= 15 is 0 Å². The van der Waals surface area contributed by atoms with E-state index < -0.39 is 0 Å². The third kappa shape index (κ3) is 0.777. The first-order valence-electron chi connectivity index (χ1n) is 3.86. The van der Waals surface area contributed by atoms with Crippen molar-refractivity contribution >= 4 is 5.71 Å². The summed E-state index contributed by atoms with van der Waals surface area (Å²) in [6.45, 7) is 0. The zero-order valence-corrected chi connectivity index (χ0v) is 6.01. The minimum atomic E-state index is 0.492. The van der Waals surface area contributed by atoms with Crippen molar-refractivity contribution in [3.8, 4) is 0 Å². The molecule has 2 unspecified atom stereocenters. The molecule has 0 saturated carbocycles. The van der Waals surface area contributed by atoms with Crippen molar-refractivity contribution in [2.75, 3.05) is 0 Å². The molecule has 2 heterocycles. The first-order valence-corrected chi connectivity index (χ1v) is 3.86. The summed E-state index contributed by atoms with van der Waals surface area (Å²) in [7, 11) is 0. The molecule has 0 aromatic heterocycles. The fraction of sp³-hybridized carbons (Fsp3) is 0.857. The summed E-state index contributed by atoms with van der Waals surface area (Å²) in [6.07, 6.45) is 4.22. The van der Waals surface area contributed by atoms with Crippen molar-refractivity contribution in [3.05, 3.63) is 0 Å². The molecule has 0 spiro atoms. The third-order valence-electron chi connectivity index (χ3n) is 2.64. The second-order valence-corrected chi connectivity index (χ2v) is 3.34. The largest absolute Gasteiger partial charge is 0.310 e. The summed E-state index contributed by atoms with van der Waals surface area (Å²) in [5, 5.41) is 9.45. The van der Waals surface area contributed by atoms with Gasteiger partial charge in [-0.1, -0.05) is 0 Å². The summed E-state index contributed by atoms with van der Waals surface area (Å²) >= 11 is 0. The van der Waals surface area contributed by atoms with Crippen LogP contribution in [-0.2, 0) is 0 Å². The first kappa shape index (κ1) is 6.31. The van der Waals surface area contributed by atoms with Crippen LogP contribution in [0.3, 0.4) is 0 Å². The minimum Gasteiger partial charge on any atom is -0.310 e. The van der Waals surface area contributed by atoms with Crippen molar-refractivity contribution in [2.24, 2.45) is 5.84 Å². The maximum absolute atomic E-state index is 7.50. The molecule has 2 aliphatic heterocycles. The van der Waals surface area contributed by atoms with E-state index in [0.29, 0.717) is 12.1 Å². The van der Waals surface area contributed by atoms with Gasteiger partial charge in [-0.3, -0.25) is 5.84 Å². The van der Waals surface area contributed by atoms with E-state index in [-0.39, 0.29) is 0 Å². The highest BCUT2D eigenvalue weighted by molar-refractivity contribution is 5.83. The van der Waals surface area contributed by atoms with Gasteiger partial charge < -0.3 is 5.41 Å². The minimum absolute atomic E-state index is 0.492. The van der Waals surface area contributed by atoms with E-state index in [1.54, 1.807) is 0 Å². The molecular weight excluding hydrogens is 126 g/mol. The molecule has 3 heteroatoms. The van der Waals surface area contributed by atoms with Gasteiger partial charge in [0.15, 0.2) is 0 Å². The Balaban J connectivity index is 2.16. The molecule has 2 saturated heterocycles. The summed E-state index contributed by atoms with van der Waals surface area (Å²) in [4.78, 5) is 0. The summed E-state index contributed by atoms with van der Waals surface area (Å²) in [5.74, 6) is 5.78. The lowest BCUT2D eigenvalue weighted by atomic mass is 10.0. The smallest absolute Gasteiger partial charge is 0.0296 e. The van der Waals surface area contributed by atoms with Crippen LogP contribution in [0.5, 0.6) is 0 Å². The molecular formula is C7H13N3. The van der Waals surface area contributed by atoms with E-state index in [1.165, 1.54) is 12.8 Å². The zero-order chi connectivity index (χ0) is 7.14. The second-order valence-electron chi connectivity index (χ2n) is 3.34. The van der Waals surface area contributed by atoms with Gasteiger partial charge in [-0.15, -0.1) is 0 Å². The Morgan fingerprint density at radius 2 is 1.80 bits per heavy atom. The molecule has 2 fully saturated rings. The van der Waals surface area contributed by atoms with Gasteiger partial charge in [-0.05, 0) is 12.8 Å². The number of hydrogen-bond acceptors (Lipinski definition) is 3. The molecule has 10 heavy (non-hydrogen) atoms. The average molecular weight is 139 g/mol. The Labute approximate surface area is 60.7 Å². The summed E-state index contributed by atoms with van der Waals surface area (Å²) in [6, 6.07) is 0.984. The lowest BCUT2D eigenvalue weighted by Crippen LogP contribution is -2.47. The van der Waals surface area contributed by atoms with Gasteiger partial charge in [0.1, 0.15) is 0 Å². The molecule has 2 rings (SSSR count). The van der Waals surface area contributed by atoms with Crippen LogP contribution in [0.25, 0.3) is 0 Å². The normalized spacial score (nSPS) is 40.7. The molecule has 3 nitrogen and oxygen atoms in total. The van der Waals surface area contributed by atoms with E-state index in [2.05, 4.69) is 0 Å². The molecule has 3 N–H and O–H groups in total. The predicted molar refractivity (Wildman–Crippen MR) is 39.8 cm³/mol. The standard InChI is InChI=1S/C7H13N3/c8-5-3-6-1-2-7(4-5)10(6)9/h6-8H,1-4,9H2. The molecule has 0 aromatic carbocycles. The van der Waals surface area contributed by atoms with Crippen LogP contribution < -0.4 is 5.84 Å². The number of piperidine rings is 1. The maximum atomic E-state index is 7.50. The predicted octanol–water partition coefficient (Wildman–Crippen LogP) is 0.507. The van der Waals surface area contributed by atoms with E-state index in [9.17, 15) is 0 Å². The lowest BCUT2D eigenvalue weighted by Gasteiger charge is -2.30. The van der Waals surface area contributed by atoms with Crippen LogP contribution in [0.2, 0.25) is 0 Å². The topological polar surface area (TPSA) is 53.1 Å². The van der Waals surface area contributed by atoms with Crippen LogP contribution in [-0.4, -0.2) is 22.8 Å². The third-order valence-corrected chi connectivity index (χ3v) is 2.64. The SMILES string of the molecule is N=C1CC2CCC(C1)N2N. The average Bonchev–Trinajstić information content (AvgIpc) is 2.20. The highest BCUT2D eigenvalue weighted by Crippen LogP contribution is 2.30. The quantitative estimate of drug-likeness (QED) is 0.480. The number of fused-ring (bicyclic) bond motifs is 2. The van der Waals surface area contributed by atoms with E-state index in [1.807, 2.05) is 5.01 Å². The Hall–Kier alpha value is -0.410. The monoisotopic (exact) mass is 139 g/mol. The number of hydrogen-bond donors (Lipinski definition) is 2. The van der Waals surface area contributed by atoms with Gasteiger partial charge in [-0.2, -0.15) is 0 Å². The Kier molecular flexibility index (Phi) is 1.28. The van der Waals surface area contributed by atoms with Crippen molar-refractivity contribution < 1.29 is 0 Å². The Bertz CT molecular complexity index is 150. The van der Waals surface area contributed by atoms with Crippen molar-refractivity contribution in [1.82, 2.24) is 5.01 Å². The molecule has 56 valence electrons. The van der Waals surface area contributed by atoms with Gasteiger partial charge >= 0.3 is 0 Å². The number of nitrogens with one attached hydrogen (secondary N) is 1. The molecule has 0 aromatic rings. The van der Waals surface area contributed by atoms with Crippen LogP contribution in [0.15, 0.2) is 0 Å². The molecule has 0 amide bonds. The Morgan fingerprint density at radius 1 is 1.30 bits per heavy atom. The molecule has 2 bridgehead atoms. The van der Waals surface area contributed by atoms with E-state index in [0.717, 1.165) is 18.6 Å². The highest BCUT2D eigenvalue weighted by Gasteiger charge is 2.36. The lowest BCUT2D eigenvalue weighted by molar-refractivity contribution is 0.188. The summed E-state index contributed by atoms with van der Waals surface area (Å²) in [5.41, 5.74) is 0.897. The van der Waals surface area contributed by atoms with Crippen molar-refractivity contribution in [1.29, 1.82) is 5.41 Å². The fourth-order valence-electron chi connectivity index (χ4n) is 2.05. The number of nitrogens with two attached hydrogens (primary N) is 1. The Morgan fingerprint density at radius 3 is 2.30 bits per heavy atom. The van der Waals surface area contributed by atoms with Gasteiger partial charge in [0, 0.05) is 30.6 Å². The number of hydrazine groups is 1. The van der Waals surface area contributed by atoms with Crippen LogP contribution in [0, 0.1) is 5.41 Å². The maximum Gasteiger partial charge on any atom is 0.0296 e. The molecule has 2 atom stereocenters. The highest BCUT2D eigenvalue weighted by atomic mass is 15.5. The molecule has 0 radical (unpaired) electrons. The van der Waals surface area contributed by atoms with Gasteiger partial charge in [0.25, 0.3) is 0 Å². The first-order chi connectivity index (χ1) is 4.77. The van der Waals surface area contributed by atoms with Gasteiger partial charge in [-0.25, -0.2) is 5.01 Å². The fourth-order valence-corrected chi connectivity index (χ4v) is 2.05. The van der Waals surface area contributed by atoms with Crippen molar-refractivity contribution in [2.45, 2.75) is 37.8 Å². The van der Waals surface area contributed by atoms with Gasteiger partial charge in [0.05, 0.1) is 0 Å². The zero-order valence-electron chi connectivity index (χ0n) is 6.01. The van der Waals surface area contributed by atoms with Crippen LogP contribution >= 0.6 is 0 Å².